The highest BCUT2D eigenvalue weighted by atomic mass is 16.3. The fourth-order valence-electron chi connectivity index (χ4n) is 2.12. The molecule has 0 unspecified atom stereocenters. The molecule has 2 heteroatoms. The highest BCUT2D eigenvalue weighted by Crippen LogP contribution is 2.31. The van der Waals surface area contributed by atoms with E-state index in [-0.39, 0.29) is 0 Å². The first-order valence-electron chi connectivity index (χ1n) is 5.08. The molecule has 1 saturated heterocycles. The molecule has 1 radical (unpaired) electrons. The van der Waals surface area contributed by atoms with Gasteiger partial charge >= 0.3 is 0 Å². The monoisotopic (exact) mass is 170 g/mol. The second-order valence-electron chi connectivity index (χ2n) is 3.76. The van der Waals surface area contributed by atoms with Crippen LogP contribution in [-0.4, -0.2) is 23.8 Å². The van der Waals surface area contributed by atoms with Crippen molar-refractivity contribution in [1.82, 2.24) is 5.32 Å². The van der Waals surface area contributed by atoms with E-state index < -0.39 is 5.60 Å². The molecule has 1 fully saturated rings. The van der Waals surface area contributed by atoms with E-state index in [9.17, 15) is 5.11 Å². The van der Waals surface area contributed by atoms with E-state index in [0.29, 0.717) is 5.92 Å². The molecule has 0 aromatic rings. The Bertz CT molecular complexity index is 126. The fraction of sp³-hybridized carbons (Fsp3) is 1.00. The summed E-state index contributed by atoms with van der Waals surface area (Å²) >= 11 is 0. The normalized spacial score (nSPS) is 21.2. The predicted molar refractivity (Wildman–Crippen MR) is 50.1 cm³/mol. The van der Waals surface area contributed by atoms with Gasteiger partial charge in [-0.3, -0.25) is 0 Å². The Labute approximate surface area is 75.4 Å². The van der Waals surface area contributed by atoms with Crippen molar-refractivity contribution in [3.05, 3.63) is 0 Å². The van der Waals surface area contributed by atoms with Crippen molar-refractivity contribution in [3.8, 4) is 0 Å². The van der Waals surface area contributed by atoms with E-state index in [1.807, 2.05) is 0 Å². The zero-order valence-electron chi connectivity index (χ0n) is 8.21. The highest BCUT2D eigenvalue weighted by molar-refractivity contribution is 4.86. The van der Waals surface area contributed by atoms with E-state index in [4.69, 9.17) is 0 Å². The second-order valence-corrected chi connectivity index (χ2v) is 3.76. The second kappa shape index (κ2) is 4.24. The van der Waals surface area contributed by atoms with Gasteiger partial charge in [0.05, 0.1) is 5.60 Å². The van der Waals surface area contributed by atoms with E-state index in [0.717, 1.165) is 38.8 Å². The minimum Gasteiger partial charge on any atom is -0.390 e. The van der Waals surface area contributed by atoms with Crippen LogP contribution in [0.3, 0.4) is 0 Å². The first-order valence-corrected chi connectivity index (χ1v) is 5.08. The van der Waals surface area contributed by atoms with Crippen molar-refractivity contribution in [2.45, 2.75) is 45.1 Å². The van der Waals surface area contributed by atoms with Crippen LogP contribution in [0.5, 0.6) is 0 Å². The summed E-state index contributed by atoms with van der Waals surface area (Å²) in [7, 11) is 0. The van der Waals surface area contributed by atoms with Crippen LogP contribution >= 0.6 is 0 Å². The van der Waals surface area contributed by atoms with Crippen molar-refractivity contribution in [3.63, 3.8) is 0 Å². The summed E-state index contributed by atoms with van der Waals surface area (Å²) in [6.07, 6.45) is 3.93. The third kappa shape index (κ3) is 1.99. The van der Waals surface area contributed by atoms with E-state index in [1.54, 1.807) is 0 Å². The molecule has 2 nitrogen and oxygen atoms in total. The molecule has 0 aliphatic carbocycles. The van der Waals surface area contributed by atoms with Crippen molar-refractivity contribution >= 4 is 0 Å². The lowest BCUT2D eigenvalue weighted by Gasteiger charge is -2.37. The summed E-state index contributed by atoms with van der Waals surface area (Å²) in [6, 6.07) is 0. The van der Waals surface area contributed by atoms with Crippen LogP contribution in [0.4, 0.5) is 0 Å². The maximum atomic E-state index is 10.2. The summed E-state index contributed by atoms with van der Waals surface area (Å²) in [6.45, 7) is 6.06. The molecule has 0 saturated carbocycles. The van der Waals surface area contributed by atoms with Crippen LogP contribution < -0.4 is 5.32 Å². The molecule has 1 heterocycles. The van der Waals surface area contributed by atoms with E-state index in [2.05, 4.69) is 19.2 Å². The summed E-state index contributed by atoms with van der Waals surface area (Å²) < 4.78 is 0. The molecule has 1 N–H and O–H groups in total. The minimum absolute atomic E-state index is 0.407. The van der Waals surface area contributed by atoms with Gasteiger partial charge in [0.25, 0.3) is 0 Å². The van der Waals surface area contributed by atoms with Gasteiger partial charge in [-0.2, -0.15) is 0 Å². The van der Waals surface area contributed by atoms with Gasteiger partial charge in [0.1, 0.15) is 0 Å². The molecule has 1 aliphatic rings. The average molecular weight is 170 g/mol. The molecule has 71 valence electrons. The lowest BCUT2D eigenvalue weighted by atomic mass is 9.77. The van der Waals surface area contributed by atoms with Crippen molar-refractivity contribution < 1.29 is 5.11 Å². The summed E-state index contributed by atoms with van der Waals surface area (Å²) in [5.41, 5.74) is -0.407. The van der Waals surface area contributed by atoms with Gasteiger partial charge in [-0.1, -0.05) is 13.8 Å². The molecule has 0 atom stereocenters. The zero-order chi connectivity index (χ0) is 9.03. The Hall–Kier alpha value is -0.0800. The molecular formula is C10H20NO. The van der Waals surface area contributed by atoms with Gasteiger partial charge in [-0.15, -0.1) is 0 Å². The Morgan fingerprint density at radius 1 is 1.25 bits per heavy atom. The van der Waals surface area contributed by atoms with Gasteiger partial charge in [-0.25, -0.2) is 5.32 Å². The number of hydrogen-bond acceptors (Lipinski definition) is 1. The Morgan fingerprint density at radius 2 is 1.75 bits per heavy atom. The first kappa shape index (κ1) is 10.0. The van der Waals surface area contributed by atoms with Crippen LogP contribution in [0.25, 0.3) is 0 Å². The van der Waals surface area contributed by atoms with Gasteiger partial charge < -0.3 is 5.11 Å². The molecule has 0 bridgehead atoms. The van der Waals surface area contributed by atoms with Crippen molar-refractivity contribution in [2.75, 3.05) is 13.1 Å². The van der Waals surface area contributed by atoms with Gasteiger partial charge in [-0.05, 0) is 31.6 Å². The van der Waals surface area contributed by atoms with Gasteiger partial charge in [0.15, 0.2) is 0 Å². The molecule has 0 aromatic carbocycles. The SMILES string of the molecule is CCC(O)(CC)C1CC[N]CC1. The van der Waals surface area contributed by atoms with Gasteiger partial charge in [0.2, 0.25) is 0 Å². The van der Waals surface area contributed by atoms with Crippen LogP contribution in [0.2, 0.25) is 0 Å². The highest BCUT2D eigenvalue weighted by Gasteiger charge is 2.33. The lowest BCUT2D eigenvalue weighted by molar-refractivity contribution is -0.0371. The lowest BCUT2D eigenvalue weighted by Crippen LogP contribution is -2.41. The summed E-state index contributed by atoms with van der Waals surface area (Å²) in [5, 5.41) is 14.5. The fourth-order valence-corrected chi connectivity index (χ4v) is 2.12. The number of rotatable bonds is 3. The third-order valence-corrected chi connectivity index (χ3v) is 3.26. The van der Waals surface area contributed by atoms with Gasteiger partial charge in [0, 0.05) is 13.1 Å². The third-order valence-electron chi connectivity index (χ3n) is 3.26. The molecule has 12 heavy (non-hydrogen) atoms. The number of hydrogen-bond donors (Lipinski definition) is 1. The standard InChI is InChI=1S/C10H20NO/c1-3-10(12,4-2)9-5-7-11-8-6-9/h9,12H,3-8H2,1-2H3. The van der Waals surface area contributed by atoms with Crippen molar-refractivity contribution in [1.29, 1.82) is 0 Å². The maximum Gasteiger partial charge on any atom is 0.0671 e. The smallest absolute Gasteiger partial charge is 0.0671 e. The molecular weight excluding hydrogens is 150 g/mol. The zero-order valence-corrected chi connectivity index (χ0v) is 8.21. The topological polar surface area (TPSA) is 34.3 Å². The van der Waals surface area contributed by atoms with E-state index in [1.165, 1.54) is 0 Å². The Morgan fingerprint density at radius 3 is 2.17 bits per heavy atom. The quantitative estimate of drug-likeness (QED) is 0.685. The summed E-state index contributed by atoms with van der Waals surface area (Å²) in [5.74, 6) is 0.491. The molecule has 0 amide bonds. The number of nitrogens with zero attached hydrogens (tertiary/aromatic N) is 1. The van der Waals surface area contributed by atoms with E-state index >= 15 is 0 Å². The van der Waals surface area contributed by atoms with Crippen LogP contribution in [0.1, 0.15) is 39.5 Å². The predicted octanol–water partition coefficient (Wildman–Crippen LogP) is 1.55. The maximum absolute atomic E-state index is 10.2. The molecule has 0 spiro atoms. The molecule has 1 aliphatic heterocycles. The first-order chi connectivity index (χ1) is 5.73. The van der Waals surface area contributed by atoms with Crippen LogP contribution in [0.15, 0.2) is 0 Å². The molecule has 0 aromatic heterocycles. The average Bonchev–Trinajstić information content (AvgIpc) is 2.18. The van der Waals surface area contributed by atoms with Crippen LogP contribution in [0, 0.1) is 5.92 Å². The van der Waals surface area contributed by atoms with Crippen molar-refractivity contribution in [2.24, 2.45) is 5.92 Å². The Kier molecular flexibility index (Phi) is 3.53. The minimum atomic E-state index is -0.407. The number of piperidine rings is 1. The largest absolute Gasteiger partial charge is 0.390 e. The Balaban J connectivity index is 2.51. The molecule has 1 rings (SSSR count). The number of aliphatic hydroxyl groups is 1. The van der Waals surface area contributed by atoms with Crippen LogP contribution in [-0.2, 0) is 0 Å². The summed E-state index contributed by atoms with van der Waals surface area (Å²) in [4.78, 5) is 0.